The highest BCUT2D eigenvalue weighted by molar-refractivity contribution is 6.11. The Morgan fingerprint density at radius 2 is 2.27 bits per heavy atom. The molecule has 0 bridgehead atoms. The molecule has 0 saturated carbocycles. The van der Waals surface area contributed by atoms with E-state index in [1.54, 1.807) is 14.0 Å². The number of fused-ring (bicyclic) bond motifs is 1. The normalized spacial score (nSPS) is 10.9. The van der Waals surface area contributed by atoms with Crippen molar-refractivity contribution in [1.82, 2.24) is 14.8 Å². The fourth-order valence-electron chi connectivity index (χ4n) is 2.39. The van der Waals surface area contributed by atoms with Gasteiger partial charge in [-0.2, -0.15) is 19.1 Å². The maximum Gasteiger partial charge on any atom is 0.387 e. The summed E-state index contributed by atoms with van der Waals surface area (Å²) in [6.07, 6.45) is 1.72. The van der Waals surface area contributed by atoms with Crippen LogP contribution in [0, 0.1) is 11.3 Å². The summed E-state index contributed by atoms with van der Waals surface area (Å²) in [6, 6.07) is 4.43. The van der Waals surface area contributed by atoms with Crippen LogP contribution in [-0.4, -0.2) is 27.3 Å². The molecule has 1 amide bonds. The van der Waals surface area contributed by atoms with Gasteiger partial charge in [0.25, 0.3) is 5.91 Å². The van der Waals surface area contributed by atoms with Crippen LogP contribution in [0.4, 0.5) is 14.6 Å². The highest BCUT2D eigenvalue weighted by Gasteiger charge is 2.22. The molecule has 2 aromatic heterocycles. The van der Waals surface area contributed by atoms with Crippen molar-refractivity contribution in [3.8, 4) is 11.8 Å². The molecule has 1 N–H and O–H groups in total. The van der Waals surface area contributed by atoms with Crippen LogP contribution in [0.3, 0.4) is 0 Å². The number of oxazole rings is 1. The van der Waals surface area contributed by atoms with Crippen LogP contribution >= 0.6 is 0 Å². The quantitative estimate of drug-likeness (QED) is 0.749. The van der Waals surface area contributed by atoms with Gasteiger partial charge in [-0.25, -0.2) is 4.98 Å². The summed E-state index contributed by atoms with van der Waals surface area (Å²) < 4.78 is 36.4. The number of hydrogen-bond donors (Lipinski definition) is 1. The number of aromatic nitrogens is 3. The van der Waals surface area contributed by atoms with Crippen LogP contribution in [0.2, 0.25) is 0 Å². The topological polar surface area (TPSA) is 106 Å². The highest BCUT2D eigenvalue weighted by atomic mass is 19.3. The van der Waals surface area contributed by atoms with Crippen molar-refractivity contribution < 1.29 is 22.7 Å². The molecule has 3 rings (SSSR count). The van der Waals surface area contributed by atoms with Crippen LogP contribution in [-0.2, 0) is 13.5 Å². The van der Waals surface area contributed by atoms with Crippen LogP contribution in [0.25, 0.3) is 11.1 Å². The first-order chi connectivity index (χ1) is 12.4. The molecule has 0 aliphatic heterocycles. The predicted octanol–water partition coefficient (Wildman–Crippen LogP) is 2.85. The van der Waals surface area contributed by atoms with Crippen molar-refractivity contribution in [2.45, 2.75) is 20.0 Å². The monoisotopic (exact) mass is 361 g/mol. The third-order valence-electron chi connectivity index (χ3n) is 3.61. The highest BCUT2D eigenvalue weighted by Crippen LogP contribution is 2.31. The number of anilines is 1. The van der Waals surface area contributed by atoms with Crippen molar-refractivity contribution >= 4 is 22.8 Å². The molecule has 0 saturated heterocycles. The first-order valence-corrected chi connectivity index (χ1v) is 7.55. The van der Waals surface area contributed by atoms with Gasteiger partial charge in [-0.15, -0.1) is 0 Å². The lowest BCUT2D eigenvalue weighted by Crippen LogP contribution is -2.16. The van der Waals surface area contributed by atoms with Crippen molar-refractivity contribution in [2.75, 3.05) is 5.32 Å². The number of nitrogens with one attached hydrogen (secondary N) is 1. The van der Waals surface area contributed by atoms with Gasteiger partial charge in [-0.05, 0) is 12.1 Å². The first-order valence-electron chi connectivity index (χ1n) is 7.55. The van der Waals surface area contributed by atoms with Crippen molar-refractivity contribution in [3.05, 3.63) is 35.3 Å². The van der Waals surface area contributed by atoms with E-state index in [9.17, 15) is 13.6 Å². The Hall–Kier alpha value is -3.48. The molecule has 2 heterocycles. The Kier molecular flexibility index (Phi) is 4.53. The molecule has 10 heteroatoms. The van der Waals surface area contributed by atoms with Gasteiger partial charge in [0.1, 0.15) is 17.5 Å². The number of hydrogen-bond acceptors (Lipinski definition) is 6. The molecule has 0 unspecified atom stereocenters. The zero-order valence-electron chi connectivity index (χ0n) is 13.8. The summed E-state index contributed by atoms with van der Waals surface area (Å²) in [7, 11) is 1.56. The molecule has 1 aromatic carbocycles. The third kappa shape index (κ3) is 3.06. The number of ether oxygens (including phenoxy) is 1. The van der Waals surface area contributed by atoms with Gasteiger partial charge >= 0.3 is 6.61 Å². The van der Waals surface area contributed by atoms with E-state index in [1.165, 1.54) is 23.0 Å². The number of carbonyl (C=O) groups is 1. The second-order valence-corrected chi connectivity index (χ2v) is 5.23. The van der Waals surface area contributed by atoms with E-state index in [0.29, 0.717) is 6.42 Å². The Balaban J connectivity index is 2.04. The smallest absolute Gasteiger partial charge is 0.387 e. The minimum absolute atomic E-state index is 0.0261. The number of nitrogens with zero attached hydrogens (tertiary/aromatic N) is 4. The number of rotatable bonds is 5. The molecular weight excluding hydrogens is 348 g/mol. The second-order valence-electron chi connectivity index (χ2n) is 5.23. The lowest BCUT2D eigenvalue weighted by Gasteiger charge is -2.08. The maximum atomic E-state index is 12.6. The van der Waals surface area contributed by atoms with Crippen molar-refractivity contribution in [2.24, 2.45) is 7.05 Å². The number of benzene rings is 1. The fraction of sp³-hybridized carbons (Fsp3) is 0.250. The van der Waals surface area contributed by atoms with E-state index in [1.807, 2.05) is 6.07 Å². The first kappa shape index (κ1) is 17.3. The van der Waals surface area contributed by atoms with Crippen LogP contribution in [0.1, 0.15) is 28.7 Å². The minimum Gasteiger partial charge on any atom is -0.440 e. The zero-order chi connectivity index (χ0) is 18.8. The van der Waals surface area contributed by atoms with Crippen LogP contribution in [0.15, 0.2) is 22.7 Å². The van der Waals surface area contributed by atoms with Crippen LogP contribution < -0.4 is 10.1 Å². The Morgan fingerprint density at radius 1 is 1.50 bits per heavy atom. The summed E-state index contributed by atoms with van der Waals surface area (Å²) in [5, 5.41) is 15.5. The Labute approximate surface area is 146 Å². The minimum atomic E-state index is -3.03. The van der Waals surface area contributed by atoms with E-state index >= 15 is 0 Å². The number of aryl methyl sites for hydroxylation is 2. The lowest BCUT2D eigenvalue weighted by molar-refractivity contribution is -0.0489. The van der Waals surface area contributed by atoms with E-state index in [4.69, 9.17) is 9.68 Å². The number of nitriles is 1. The molecule has 0 aliphatic rings. The average molecular weight is 361 g/mol. The fourth-order valence-corrected chi connectivity index (χ4v) is 2.39. The van der Waals surface area contributed by atoms with E-state index < -0.39 is 12.5 Å². The van der Waals surface area contributed by atoms with E-state index in [0.717, 1.165) is 0 Å². The molecule has 134 valence electrons. The molecule has 8 nitrogen and oxygen atoms in total. The lowest BCUT2D eigenvalue weighted by atomic mass is 10.1. The molecule has 0 atom stereocenters. The second kappa shape index (κ2) is 6.79. The van der Waals surface area contributed by atoms with Crippen molar-refractivity contribution in [3.63, 3.8) is 0 Å². The van der Waals surface area contributed by atoms with Gasteiger partial charge in [0.15, 0.2) is 22.7 Å². The van der Waals surface area contributed by atoms with Crippen molar-refractivity contribution in [1.29, 1.82) is 5.26 Å². The molecular formula is C16H13F2N5O3. The van der Waals surface area contributed by atoms with Gasteiger partial charge < -0.3 is 14.5 Å². The van der Waals surface area contributed by atoms with E-state index in [2.05, 4.69) is 20.1 Å². The maximum absolute atomic E-state index is 12.6. The molecule has 0 fully saturated rings. The summed E-state index contributed by atoms with van der Waals surface area (Å²) in [5.74, 6) is -0.308. The Morgan fingerprint density at radius 3 is 2.92 bits per heavy atom. The molecule has 0 spiro atoms. The standard InChI is InChI=1S/C16H13F2N5O3/c1-3-11-21-12-10(25-16(17)18)5-4-9(13(12)26-11)15(24)22-14-8(6-19)7-20-23(14)2/h4-5,7,16H,3H2,1-2H3,(H,22,24). The summed E-state index contributed by atoms with van der Waals surface area (Å²) in [6.45, 7) is -1.26. The summed E-state index contributed by atoms with van der Waals surface area (Å²) in [5.41, 5.74) is 0.305. The zero-order valence-corrected chi connectivity index (χ0v) is 13.8. The third-order valence-corrected chi connectivity index (χ3v) is 3.61. The van der Waals surface area contributed by atoms with Gasteiger partial charge in [0.05, 0.1) is 11.8 Å². The Bertz CT molecular complexity index is 1020. The summed E-state index contributed by atoms with van der Waals surface area (Å²) >= 11 is 0. The number of alkyl halides is 2. The number of halogens is 2. The van der Waals surface area contributed by atoms with Gasteiger partial charge in [0.2, 0.25) is 0 Å². The molecule has 0 radical (unpaired) electrons. The predicted molar refractivity (Wildman–Crippen MR) is 85.9 cm³/mol. The largest absolute Gasteiger partial charge is 0.440 e. The molecule has 0 aliphatic carbocycles. The molecule has 26 heavy (non-hydrogen) atoms. The van der Waals surface area contributed by atoms with Gasteiger partial charge in [-0.3, -0.25) is 9.48 Å². The average Bonchev–Trinajstić information content (AvgIpc) is 3.19. The van der Waals surface area contributed by atoms with Gasteiger partial charge in [-0.1, -0.05) is 6.92 Å². The summed E-state index contributed by atoms with van der Waals surface area (Å²) in [4.78, 5) is 16.7. The number of carbonyl (C=O) groups excluding carboxylic acids is 1. The SMILES string of the molecule is CCc1nc2c(OC(F)F)ccc(C(=O)Nc3c(C#N)cnn3C)c2o1. The molecule has 3 aromatic rings. The number of amides is 1. The van der Waals surface area contributed by atoms with E-state index in [-0.39, 0.29) is 39.7 Å². The van der Waals surface area contributed by atoms with Gasteiger partial charge in [0, 0.05) is 13.5 Å². The van der Waals surface area contributed by atoms with Crippen LogP contribution in [0.5, 0.6) is 5.75 Å².